The van der Waals surface area contributed by atoms with Crippen LogP contribution in [-0.4, -0.2) is 26.7 Å². The minimum Gasteiger partial charge on any atom is -0.496 e. The molecule has 2 aromatic carbocycles. The van der Waals surface area contributed by atoms with Gasteiger partial charge in [0, 0.05) is 16.6 Å². The minimum atomic E-state index is -0.260. The minimum absolute atomic E-state index is 0.260. The lowest BCUT2D eigenvalue weighted by molar-refractivity contribution is 0.0948. The maximum absolute atomic E-state index is 12.4. The predicted octanol–water partition coefficient (Wildman–Crippen LogP) is 3.98. The van der Waals surface area contributed by atoms with Gasteiger partial charge in [-0.05, 0) is 36.2 Å². The van der Waals surface area contributed by atoms with Crippen LogP contribution in [0.25, 0.3) is 0 Å². The molecule has 0 aliphatic heterocycles. The Hall–Kier alpha value is -1.91. The fourth-order valence-corrected chi connectivity index (χ4v) is 2.70. The van der Waals surface area contributed by atoms with Crippen LogP contribution in [0, 0.1) is 0 Å². The van der Waals surface area contributed by atoms with Gasteiger partial charge in [-0.2, -0.15) is 0 Å². The standard InChI is InChI=1S/C17H17Cl2NO3/c1-22-14-4-3-5-15(23-2)16(14)17(21)20-9-8-11-6-7-12(18)10-13(11)19/h3-7,10H,8-9H2,1-2H3,(H,20,21). The van der Waals surface area contributed by atoms with Gasteiger partial charge in [-0.15, -0.1) is 0 Å². The first-order valence-corrected chi connectivity index (χ1v) is 7.75. The average molecular weight is 354 g/mol. The van der Waals surface area contributed by atoms with Gasteiger partial charge in [0.2, 0.25) is 0 Å². The summed E-state index contributed by atoms with van der Waals surface area (Å²) >= 11 is 12.0. The van der Waals surface area contributed by atoms with Crippen molar-refractivity contribution < 1.29 is 14.3 Å². The number of carbonyl (C=O) groups excluding carboxylic acids is 1. The molecule has 4 nitrogen and oxygen atoms in total. The van der Waals surface area contributed by atoms with Crippen LogP contribution in [0.3, 0.4) is 0 Å². The molecule has 0 unspecified atom stereocenters. The third-order valence-electron chi connectivity index (χ3n) is 3.35. The molecule has 0 aromatic heterocycles. The molecule has 1 amide bonds. The van der Waals surface area contributed by atoms with Crippen molar-refractivity contribution in [3.05, 3.63) is 57.6 Å². The van der Waals surface area contributed by atoms with Crippen LogP contribution in [-0.2, 0) is 6.42 Å². The first kappa shape index (κ1) is 17.4. The summed E-state index contributed by atoms with van der Waals surface area (Å²) in [5.74, 6) is 0.669. The Bertz CT molecular complexity index is 682. The number of ether oxygens (including phenoxy) is 2. The zero-order valence-electron chi connectivity index (χ0n) is 12.9. The second-order valence-corrected chi connectivity index (χ2v) is 5.62. The van der Waals surface area contributed by atoms with E-state index in [0.29, 0.717) is 40.1 Å². The molecule has 0 bridgehead atoms. The number of hydrogen-bond acceptors (Lipinski definition) is 3. The Morgan fingerprint density at radius 2 is 1.74 bits per heavy atom. The highest BCUT2D eigenvalue weighted by Gasteiger charge is 2.17. The predicted molar refractivity (Wildman–Crippen MR) is 92.0 cm³/mol. The largest absolute Gasteiger partial charge is 0.496 e. The molecule has 0 aliphatic carbocycles. The normalized spacial score (nSPS) is 10.3. The Morgan fingerprint density at radius 3 is 2.30 bits per heavy atom. The number of nitrogens with one attached hydrogen (secondary N) is 1. The number of amides is 1. The van der Waals surface area contributed by atoms with Gasteiger partial charge in [0.1, 0.15) is 17.1 Å². The molecule has 0 saturated heterocycles. The van der Waals surface area contributed by atoms with E-state index < -0.39 is 0 Å². The van der Waals surface area contributed by atoms with Crippen molar-refractivity contribution in [3.63, 3.8) is 0 Å². The second-order valence-electron chi connectivity index (χ2n) is 4.78. The summed E-state index contributed by atoms with van der Waals surface area (Å²) in [6, 6.07) is 10.5. The highest BCUT2D eigenvalue weighted by atomic mass is 35.5. The van der Waals surface area contributed by atoms with Crippen molar-refractivity contribution in [2.45, 2.75) is 6.42 Å². The van der Waals surface area contributed by atoms with Gasteiger partial charge in [-0.1, -0.05) is 35.3 Å². The monoisotopic (exact) mass is 353 g/mol. The van der Waals surface area contributed by atoms with Crippen LogP contribution >= 0.6 is 23.2 Å². The van der Waals surface area contributed by atoms with Crippen molar-refractivity contribution >= 4 is 29.1 Å². The molecule has 1 N–H and O–H groups in total. The zero-order valence-corrected chi connectivity index (χ0v) is 14.4. The fraction of sp³-hybridized carbons (Fsp3) is 0.235. The number of rotatable bonds is 6. The summed E-state index contributed by atoms with van der Waals surface area (Å²) < 4.78 is 10.5. The lowest BCUT2D eigenvalue weighted by atomic mass is 10.1. The van der Waals surface area contributed by atoms with Gasteiger partial charge in [0.25, 0.3) is 5.91 Å². The van der Waals surface area contributed by atoms with Gasteiger partial charge < -0.3 is 14.8 Å². The maximum atomic E-state index is 12.4. The molecule has 0 aliphatic rings. The van der Waals surface area contributed by atoms with Crippen LogP contribution in [0.5, 0.6) is 11.5 Å². The van der Waals surface area contributed by atoms with E-state index in [4.69, 9.17) is 32.7 Å². The third kappa shape index (κ3) is 4.30. The van der Waals surface area contributed by atoms with Crippen molar-refractivity contribution in [1.82, 2.24) is 5.32 Å². The van der Waals surface area contributed by atoms with Crippen LogP contribution in [0.15, 0.2) is 36.4 Å². The van der Waals surface area contributed by atoms with E-state index in [9.17, 15) is 4.79 Å². The van der Waals surface area contributed by atoms with E-state index >= 15 is 0 Å². The molecule has 0 atom stereocenters. The summed E-state index contributed by atoms with van der Waals surface area (Å²) in [6.45, 7) is 0.432. The van der Waals surface area contributed by atoms with Gasteiger partial charge >= 0.3 is 0 Å². The molecular weight excluding hydrogens is 337 g/mol. The van der Waals surface area contributed by atoms with Gasteiger partial charge in [-0.3, -0.25) is 4.79 Å². The Labute approximate surface area is 145 Å². The van der Waals surface area contributed by atoms with Gasteiger partial charge in [0.15, 0.2) is 0 Å². The van der Waals surface area contributed by atoms with Crippen LogP contribution in [0.2, 0.25) is 10.0 Å². The Balaban J connectivity index is 2.05. The second kappa shape index (κ2) is 8.09. The molecule has 6 heteroatoms. The summed E-state index contributed by atoms with van der Waals surface area (Å²) in [7, 11) is 3.03. The van der Waals surface area contributed by atoms with Crippen molar-refractivity contribution in [2.75, 3.05) is 20.8 Å². The summed E-state index contributed by atoms with van der Waals surface area (Å²) in [6.07, 6.45) is 0.596. The van der Waals surface area contributed by atoms with Crippen LogP contribution < -0.4 is 14.8 Å². The molecule has 2 rings (SSSR count). The first-order chi connectivity index (χ1) is 11.1. The molecule has 2 aromatic rings. The summed E-state index contributed by atoms with van der Waals surface area (Å²) in [4.78, 5) is 12.4. The lowest BCUT2D eigenvalue weighted by Crippen LogP contribution is -2.26. The lowest BCUT2D eigenvalue weighted by Gasteiger charge is -2.13. The van der Waals surface area contributed by atoms with E-state index in [-0.39, 0.29) is 5.91 Å². The number of carbonyl (C=O) groups is 1. The van der Waals surface area contributed by atoms with E-state index in [1.807, 2.05) is 6.07 Å². The summed E-state index contributed by atoms with van der Waals surface area (Å²) in [5.41, 5.74) is 1.29. The third-order valence-corrected chi connectivity index (χ3v) is 3.94. The quantitative estimate of drug-likeness (QED) is 0.854. The highest BCUT2D eigenvalue weighted by Crippen LogP contribution is 2.28. The highest BCUT2D eigenvalue weighted by molar-refractivity contribution is 6.35. The topological polar surface area (TPSA) is 47.6 Å². The number of hydrogen-bond donors (Lipinski definition) is 1. The number of methoxy groups -OCH3 is 2. The molecule has 0 radical (unpaired) electrons. The Kier molecular flexibility index (Phi) is 6.13. The molecular formula is C17H17Cl2NO3. The Morgan fingerprint density at radius 1 is 1.09 bits per heavy atom. The molecule has 122 valence electrons. The van der Waals surface area contributed by atoms with Crippen LogP contribution in [0.1, 0.15) is 15.9 Å². The first-order valence-electron chi connectivity index (χ1n) is 7.00. The SMILES string of the molecule is COc1cccc(OC)c1C(=O)NCCc1ccc(Cl)cc1Cl. The molecule has 0 fully saturated rings. The van der Waals surface area contributed by atoms with E-state index in [0.717, 1.165) is 5.56 Å². The van der Waals surface area contributed by atoms with Crippen molar-refractivity contribution in [3.8, 4) is 11.5 Å². The average Bonchev–Trinajstić information content (AvgIpc) is 2.55. The summed E-state index contributed by atoms with van der Waals surface area (Å²) in [5, 5.41) is 4.02. The molecule has 0 spiro atoms. The molecule has 23 heavy (non-hydrogen) atoms. The molecule has 0 saturated carbocycles. The van der Waals surface area contributed by atoms with Gasteiger partial charge in [0.05, 0.1) is 14.2 Å². The van der Waals surface area contributed by atoms with Crippen molar-refractivity contribution in [1.29, 1.82) is 0 Å². The maximum Gasteiger partial charge on any atom is 0.258 e. The van der Waals surface area contributed by atoms with E-state index in [2.05, 4.69) is 5.32 Å². The van der Waals surface area contributed by atoms with Crippen LogP contribution in [0.4, 0.5) is 0 Å². The van der Waals surface area contributed by atoms with Crippen molar-refractivity contribution in [2.24, 2.45) is 0 Å². The number of halogens is 2. The van der Waals surface area contributed by atoms with E-state index in [1.165, 1.54) is 14.2 Å². The van der Waals surface area contributed by atoms with Gasteiger partial charge in [-0.25, -0.2) is 0 Å². The smallest absolute Gasteiger partial charge is 0.258 e. The fourth-order valence-electron chi connectivity index (χ4n) is 2.20. The number of benzene rings is 2. The molecule has 0 heterocycles. The zero-order chi connectivity index (χ0) is 16.8. The van der Waals surface area contributed by atoms with E-state index in [1.54, 1.807) is 30.3 Å².